The molecule has 0 radical (unpaired) electrons. The van der Waals surface area contributed by atoms with Crippen molar-refractivity contribution < 1.29 is 8.78 Å². The number of alkyl halides is 2. The molecule has 1 aliphatic carbocycles. The Balaban J connectivity index is 1.16. The number of anilines is 1. The number of aromatic nitrogens is 6. The average molecular weight is 510 g/mol. The van der Waals surface area contributed by atoms with Crippen LogP contribution in [0.4, 0.5) is 14.7 Å². The van der Waals surface area contributed by atoms with Crippen LogP contribution in [0, 0.1) is 6.92 Å². The van der Waals surface area contributed by atoms with E-state index in [4.69, 9.17) is 5.10 Å². The molecule has 37 heavy (non-hydrogen) atoms. The van der Waals surface area contributed by atoms with Crippen molar-refractivity contribution >= 4 is 22.6 Å². The minimum absolute atomic E-state index is 0.374. The van der Waals surface area contributed by atoms with Gasteiger partial charge in [-0.3, -0.25) is 4.90 Å². The van der Waals surface area contributed by atoms with E-state index in [1.54, 1.807) is 17.6 Å². The van der Waals surface area contributed by atoms with E-state index in [2.05, 4.69) is 37.1 Å². The molecule has 196 valence electrons. The minimum Gasteiger partial charge on any atom is -0.350 e. The number of fused-ring (bicyclic) bond motifs is 2. The van der Waals surface area contributed by atoms with Gasteiger partial charge in [0.15, 0.2) is 5.65 Å². The topological polar surface area (TPSA) is 79.4 Å². The van der Waals surface area contributed by atoms with Crippen LogP contribution < -0.4 is 5.32 Å². The molecule has 5 heterocycles. The van der Waals surface area contributed by atoms with Crippen molar-refractivity contribution in [2.75, 3.05) is 38.5 Å². The van der Waals surface area contributed by atoms with Gasteiger partial charge < -0.3 is 14.8 Å². The summed E-state index contributed by atoms with van der Waals surface area (Å²) in [6.07, 6.45) is 5.84. The fourth-order valence-corrected chi connectivity index (χ4v) is 5.76. The van der Waals surface area contributed by atoms with E-state index >= 15 is 0 Å². The zero-order valence-electron chi connectivity index (χ0n) is 21.3. The van der Waals surface area contributed by atoms with Crippen molar-refractivity contribution in [3.8, 4) is 11.3 Å². The highest BCUT2D eigenvalue weighted by Crippen LogP contribution is 2.28. The third-order valence-corrected chi connectivity index (χ3v) is 7.88. The van der Waals surface area contributed by atoms with Crippen LogP contribution in [0.2, 0.25) is 0 Å². The molecule has 1 aliphatic heterocycles. The molecule has 1 N–H and O–H groups in total. The van der Waals surface area contributed by atoms with E-state index in [0.717, 1.165) is 37.0 Å². The van der Waals surface area contributed by atoms with Gasteiger partial charge in [-0.2, -0.15) is 0 Å². The Hall–Kier alpha value is -3.18. The van der Waals surface area contributed by atoms with Gasteiger partial charge in [-0.1, -0.05) is 0 Å². The first-order valence-corrected chi connectivity index (χ1v) is 13.1. The first kappa shape index (κ1) is 24.2. The molecule has 6 rings (SSSR count). The quantitative estimate of drug-likeness (QED) is 0.425. The SMILES string of the molecule is Cc1nc2ccc(-c3ccn4nc(N[C@H]5CC[C@@H](N6CCN(C)CC6)CC5)ncc34)nc2n1CC(F)F. The van der Waals surface area contributed by atoms with Crippen LogP contribution in [0.3, 0.4) is 0 Å². The highest BCUT2D eigenvalue weighted by Gasteiger charge is 2.28. The summed E-state index contributed by atoms with van der Waals surface area (Å²) in [5, 5.41) is 8.23. The van der Waals surface area contributed by atoms with Crippen molar-refractivity contribution in [2.45, 2.75) is 57.7 Å². The Morgan fingerprint density at radius 2 is 1.81 bits per heavy atom. The highest BCUT2D eigenvalue weighted by atomic mass is 19.3. The summed E-state index contributed by atoms with van der Waals surface area (Å²) in [5.74, 6) is 1.14. The molecule has 0 atom stereocenters. The number of nitrogens with zero attached hydrogens (tertiary/aromatic N) is 8. The second-order valence-corrected chi connectivity index (χ2v) is 10.3. The predicted molar refractivity (Wildman–Crippen MR) is 139 cm³/mol. The Morgan fingerprint density at radius 1 is 1.03 bits per heavy atom. The number of hydrogen-bond donors (Lipinski definition) is 1. The van der Waals surface area contributed by atoms with E-state index in [9.17, 15) is 8.78 Å². The molecule has 2 aliphatic rings. The average Bonchev–Trinajstić information content (AvgIpc) is 3.45. The van der Waals surface area contributed by atoms with E-state index in [1.807, 2.05) is 24.4 Å². The zero-order chi connectivity index (χ0) is 25.5. The van der Waals surface area contributed by atoms with Gasteiger partial charge in [0.05, 0.1) is 24.0 Å². The van der Waals surface area contributed by atoms with Gasteiger partial charge in [-0.15, -0.1) is 5.10 Å². The molecule has 4 aromatic heterocycles. The normalized spacial score (nSPS) is 21.9. The van der Waals surface area contributed by atoms with Gasteiger partial charge >= 0.3 is 0 Å². The number of nitrogens with one attached hydrogen (secondary N) is 1. The van der Waals surface area contributed by atoms with Gasteiger partial charge in [0.1, 0.15) is 11.3 Å². The molecule has 0 unspecified atom stereocenters. The number of pyridine rings is 1. The lowest BCUT2D eigenvalue weighted by Gasteiger charge is -2.41. The number of hydrogen-bond acceptors (Lipinski definition) is 7. The monoisotopic (exact) mass is 509 g/mol. The second-order valence-electron chi connectivity index (χ2n) is 10.3. The number of rotatable bonds is 6. The zero-order valence-corrected chi connectivity index (χ0v) is 21.3. The molecule has 1 saturated carbocycles. The predicted octanol–water partition coefficient (Wildman–Crippen LogP) is 3.69. The molecule has 0 bridgehead atoms. The van der Waals surface area contributed by atoms with Crippen LogP contribution in [0.25, 0.3) is 27.9 Å². The maximum absolute atomic E-state index is 13.1. The second kappa shape index (κ2) is 9.94. The van der Waals surface area contributed by atoms with E-state index < -0.39 is 13.0 Å². The van der Waals surface area contributed by atoms with E-state index in [0.29, 0.717) is 40.7 Å². The molecule has 11 heteroatoms. The first-order chi connectivity index (χ1) is 17.9. The van der Waals surface area contributed by atoms with Crippen LogP contribution in [0.15, 0.2) is 30.6 Å². The molecule has 2 fully saturated rings. The smallest absolute Gasteiger partial charge is 0.256 e. The maximum Gasteiger partial charge on any atom is 0.256 e. The van der Waals surface area contributed by atoms with Gasteiger partial charge in [-0.05, 0) is 57.9 Å². The Kier molecular flexibility index (Phi) is 6.49. The third kappa shape index (κ3) is 4.89. The molecular weight excluding hydrogens is 476 g/mol. The molecule has 4 aromatic rings. The highest BCUT2D eigenvalue weighted by molar-refractivity contribution is 5.82. The summed E-state index contributed by atoms with van der Waals surface area (Å²) in [4.78, 5) is 18.7. The van der Waals surface area contributed by atoms with E-state index in [-0.39, 0.29) is 0 Å². The van der Waals surface area contributed by atoms with Crippen LogP contribution in [0.5, 0.6) is 0 Å². The summed E-state index contributed by atoms with van der Waals surface area (Å²) in [5.41, 5.74) is 3.41. The maximum atomic E-state index is 13.1. The number of imidazole rings is 1. The summed E-state index contributed by atoms with van der Waals surface area (Å²) < 4.78 is 29.5. The Bertz CT molecular complexity index is 1380. The van der Waals surface area contributed by atoms with Crippen molar-refractivity contribution in [3.05, 3.63) is 36.4 Å². The number of halogens is 2. The molecule has 0 amide bonds. The lowest BCUT2D eigenvalue weighted by Crippen LogP contribution is -2.50. The summed E-state index contributed by atoms with van der Waals surface area (Å²) in [7, 11) is 2.20. The lowest BCUT2D eigenvalue weighted by atomic mass is 9.90. The van der Waals surface area contributed by atoms with Crippen molar-refractivity contribution in [1.29, 1.82) is 0 Å². The Morgan fingerprint density at radius 3 is 2.57 bits per heavy atom. The third-order valence-electron chi connectivity index (χ3n) is 7.88. The van der Waals surface area contributed by atoms with Gasteiger partial charge in [0, 0.05) is 50.0 Å². The van der Waals surface area contributed by atoms with Crippen molar-refractivity contribution in [2.24, 2.45) is 0 Å². The number of aryl methyl sites for hydroxylation is 1. The van der Waals surface area contributed by atoms with Gasteiger partial charge in [-0.25, -0.2) is 28.2 Å². The van der Waals surface area contributed by atoms with Crippen LogP contribution >= 0.6 is 0 Å². The largest absolute Gasteiger partial charge is 0.350 e. The summed E-state index contributed by atoms with van der Waals surface area (Å²) in [6.45, 7) is 5.96. The standard InChI is InChI=1S/C26H33F2N9/c1-17-30-22-8-7-21(32-25(22)36(17)16-24(27)28)20-9-10-37-23(20)15-29-26(33-37)31-18-3-5-19(6-4-18)35-13-11-34(2)12-14-35/h7-10,15,18-19,24H,3-6,11-14,16H2,1-2H3,(H,31,33)/t18-,19+. The summed E-state index contributed by atoms with van der Waals surface area (Å²) in [6, 6.07) is 6.68. The van der Waals surface area contributed by atoms with Crippen molar-refractivity contribution in [1.82, 2.24) is 38.9 Å². The Labute approximate surface area is 214 Å². The molecule has 1 saturated heterocycles. The van der Waals surface area contributed by atoms with Crippen LogP contribution in [0.1, 0.15) is 31.5 Å². The van der Waals surface area contributed by atoms with Gasteiger partial charge in [0.2, 0.25) is 5.95 Å². The minimum atomic E-state index is -2.47. The summed E-state index contributed by atoms with van der Waals surface area (Å²) >= 11 is 0. The van der Waals surface area contributed by atoms with Gasteiger partial charge in [0.25, 0.3) is 6.43 Å². The first-order valence-electron chi connectivity index (χ1n) is 13.1. The molecule has 0 spiro atoms. The fourth-order valence-electron chi connectivity index (χ4n) is 5.76. The molecule has 0 aromatic carbocycles. The fraction of sp³-hybridized carbons (Fsp3) is 0.538. The molecular formula is C26H33F2N9. The van der Waals surface area contributed by atoms with Crippen LogP contribution in [-0.2, 0) is 6.54 Å². The lowest BCUT2D eigenvalue weighted by molar-refractivity contribution is 0.0893. The van der Waals surface area contributed by atoms with Crippen LogP contribution in [-0.4, -0.2) is 90.7 Å². The van der Waals surface area contributed by atoms with Crippen molar-refractivity contribution in [3.63, 3.8) is 0 Å². The number of likely N-dealkylation sites (N-methyl/N-ethyl adjacent to an activating group) is 1. The molecule has 9 nitrogen and oxygen atoms in total. The van der Waals surface area contributed by atoms with E-state index in [1.165, 1.54) is 30.5 Å². The number of piperazine rings is 1.